The van der Waals surface area contributed by atoms with E-state index < -0.39 is 0 Å². The lowest BCUT2D eigenvalue weighted by Crippen LogP contribution is -1.99. The van der Waals surface area contributed by atoms with Gasteiger partial charge in [0.2, 0.25) is 0 Å². The lowest BCUT2D eigenvalue weighted by molar-refractivity contribution is 1.18. The van der Waals surface area contributed by atoms with E-state index in [9.17, 15) is 0 Å². The lowest BCUT2D eigenvalue weighted by Gasteiger charge is -2.20. The number of aromatic nitrogens is 2. The molecule has 2 nitrogen and oxygen atoms in total. The Kier molecular flexibility index (Phi) is 9.54. The van der Waals surface area contributed by atoms with Crippen LogP contribution in [0, 0.1) is 0 Å². The Hall–Kier alpha value is -8.98. The van der Waals surface area contributed by atoms with Crippen molar-refractivity contribution in [2.75, 3.05) is 0 Å². The van der Waals surface area contributed by atoms with E-state index in [4.69, 9.17) is 0 Å². The standard InChI is InChI=1S/C66H44N2/c1-6-18-45(19-7-1)47-30-32-50(33-31-47)66-58(48-22-10-3-11-23-48)43-55(44-59(66)49-24-12-4-13-25-49)68-62-29-17-16-28-56(62)60-40-51(36-39-64(60)68)52-35-38-63-61(41-52)57-37-34-53(46-20-8-2-9-21-46)42-65(57)67(63)54-26-14-5-15-27-54/h1-44H. The van der Waals surface area contributed by atoms with Crippen LogP contribution >= 0.6 is 0 Å². The summed E-state index contributed by atoms with van der Waals surface area (Å²) in [5, 5.41) is 4.92. The fourth-order valence-corrected chi connectivity index (χ4v) is 10.5. The summed E-state index contributed by atoms with van der Waals surface area (Å²) in [5.74, 6) is 0. The van der Waals surface area contributed by atoms with E-state index in [-0.39, 0.29) is 0 Å². The van der Waals surface area contributed by atoms with Gasteiger partial charge in [-0.3, -0.25) is 0 Å². The van der Waals surface area contributed by atoms with Crippen LogP contribution in [0.15, 0.2) is 267 Å². The van der Waals surface area contributed by atoms with Crippen molar-refractivity contribution in [1.82, 2.24) is 9.13 Å². The van der Waals surface area contributed by atoms with Crippen LogP contribution in [0.4, 0.5) is 0 Å². The van der Waals surface area contributed by atoms with Gasteiger partial charge in [0.25, 0.3) is 0 Å². The molecular weight excluding hydrogens is 821 g/mol. The summed E-state index contributed by atoms with van der Waals surface area (Å²) in [6.45, 7) is 0. The van der Waals surface area contributed by atoms with Gasteiger partial charge in [-0.05, 0) is 127 Å². The molecule has 0 fully saturated rings. The molecule has 0 aliphatic carbocycles. The molecule has 0 N–H and O–H groups in total. The minimum Gasteiger partial charge on any atom is -0.309 e. The number of nitrogens with zero attached hydrogens (tertiary/aromatic N) is 2. The summed E-state index contributed by atoms with van der Waals surface area (Å²) in [4.78, 5) is 0. The molecule has 0 unspecified atom stereocenters. The van der Waals surface area contributed by atoms with Crippen LogP contribution in [0.3, 0.4) is 0 Å². The molecule has 0 bridgehead atoms. The van der Waals surface area contributed by atoms with Gasteiger partial charge in [-0.15, -0.1) is 0 Å². The minimum absolute atomic E-state index is 1.12. The average Bonchev–Trinajstić information content (AvgIpc) is 3.93. The van der Waals surface area contributed by atoms with Gasteiger partial charge in [-0.2, -0.15) is 0 Å². The fourth-order valence-electron chi connectivity index (χ4n) is 10.5. The Morgan fingerprint density at radius 2 is 0.559 bits per heavy atom. The number of rotatable bonds is 8. The van der Waals surface area contributed by atoms with Gasteiger partial charge >= 0.3 is 0 Å². The van der Waals surface area contributed by atoms with Crippen molar-refractivity contribution < 1.29 is 0 Å². The maximum Gasteiger partial charge on any atom is 0.0547 e. The fraction of sp³-hybridized carbons (Fsp3) is 0. The highest BCUT2D eigenvalue weighted by Crippen LogP contribution is 2.45. The van der Waals surface area contributed by atoms with Gasteiger partial charge in [-0.25, -0.2) is 0 Å². The SMILES string of the molecule is c1ccc(-c2ccc(-c3c(-c4ccccc4)cc(-n4c5ccccc5c5cc(-c6ccc7c(c6)c6ccc(-c8ccccc8)cc6n7-c6ccccc6)ccc54)cc3-c3ccccc3)cc2)cc1. The normalized spacial score (nSPS) is 11.5. The zero-order valence-corrected chi connectivity index (χ0v) is 37.3. The van der Waals surface area contributed by atoms with E-state index in [2.05, 4.69) is 276 Å². The first kappa shape index (κ1) is 39.4. The predicted octanol–water partition coefficient (Wildman–Crippen LogP) is 17.9. The molecule has 2 aromatic heterocycles. The highest BCUT2D eigenvalue weighted by molar-refractivity contribution is 6.13. The highest BCUT2D eigenvalue weighted by Gasteiger charge is 2.21. The topological polar surface area (TPSA) is 9.86 Å². The van der Waals surface area contributed by atoms with Crippen molar-refractivity contribution in [3.05, 3.63) is 267 Å². The zero-order chi connectivity index (χ0) is 45.0. The molecule has 68 heavy (non-hydrogen) atoms. The van der Waals surface area contributed by atoms with E-state index in [1.807, 2.05) is 0 Å². The molecule has 2 heterocycles. The van der Waals surface area contributed by atoms with Gasteiger partial charge < -0.3 is 9.13 Å². The quantitative estimate of drug-likeness (QED) is 0.144. The molecule has 13 rings (SSSR count). The van der Waals surface area contributed by atoms with Crippen molar-refractivity contribution in [3.63, 3.8) is 0 Å². The smallest absolute Gasteiger partial charge is 0.0547 e. The van der Waals surface area contributed by atoms with E-state index in [1.54, 1.807) is 0 Å². The monoisotopic (exact) mass is 864 g/mol. The molecule has 0 atom stereocenters. The molecule has 0 aliphatic heterocycles. The lowest BCUT2D eigenvalue weighted by atomic mass is 9.86. The van der Waals surface area contributed by atoms with Gasteiger partial charge in [0.05, 0.1) is 22.1 Å². The number of fused-ring (bicyclic) bond motifs is 6. The van der Waals surface area contributed by atoms with Crippen molar-refractivity contribution in [3.8, 4) is 78.1 Å². The summed E-state index contributed by atoms with van der Waals surface area (Å²) >= 11 is 0. The molecule has 2 heteroatoms. The molecule has 0 saturated carbocycles. The third-order valence-electron chi connectivity index (χ3n) is 13.7. The van der Waals surface area contributed by atoms with Crippen LogP contribution < -0.4 is 0 Å². The minimum atomic E-state index is 1.12. The molecule has 11 aromatic carbocycles. The molecule has 0 aliphatic rings. The molecule has 0 saturated heterocycles. The first-order valence-corrected chi connectivity index (χ1v) is 23.4. The number of para-hydroxylation sites is 2. The van der Waals surface area contributed by atoms with Gasteiger partial charge in [0.15, 0.2) is 0 Å². The Morgan fingerprint density at radius 1 is 0.191 bits per heavy atom. The van der Waals surface area contributed by atoms with Crippen molar-refractivity contribution >= 4 is 43.6 Å². The largest absolute Gasteiger partial charge is 0.309 e. The Labute approximate surface area is 395 Å². The first-order valence-electron chi connectivity index (χ1n) is 23.4. The van der Waals surface area contributed by atoms with E-state index >= 15 is 0 Å². The van der Waals surface area contributed by atoms with Gasteiger partial charge in [0.1, 0.15) is 0 Å². The molecule has 13 aromatic rings. The van der Waals surface area contributed by atoms with Gasteiger partial charge in [0, 0.05) is 32.9 Å². The maximum atomic E-state index is 2.47. The summed E-state index contributed by atoms with van der Waals surface area (Å²) in [6.07, 6.45) is 0. The van der Waals surface area contributed by atoms with Gasteiger partial charge in [-0.1, -0.05) is 206 Å². The summed E-state index contributed by atoms with van der Waals surface area (Å²) in [6, 6.07) is 97.5. The van der Waals surface area contributed by atoms with Crippen LogP contribution in [0.5, 0.6) is 0 Å². The van der Waals surface area contributed by atoms with Crippen LogP contribution in [0.25, 0.3) is 122 Å². The second-order valence-electron chi connectivity index (χ2n) is 17.7. The van der Waals surface area contributed by atoms with Crippen molar-refractivity contribution in [2.24, 2.45) is 0 Å². The summed E-state index contributed by atoms with van der Waals surface area (Å²) < 4.78 is 4.88. The third-order valence-corrected chi connectivity index (χ3v) is 13.7. The maximum absolute atomic E-state index is 2.47. The molecule has 0 amide bonds. The van der Waals surface area contributed by atoms with Crippen LogP contribution in [0.2, 0.25) is 0 Å². The molecule has 0 spiro atoms. The first-order chi connectivity index (χ1) is 33.7. The van der Waals surface area contributed by atoms with Crippen molar-refractivity contribution in [2.45, 2.75) is 0 Å². The van der Waals surface area contributed by atoms with E-state index in [1.165, 1.54) is 110 Å². The van der Waals surface area contributed by atoms with E-state index in [0.29, 0.717) is 0 Å². The van der Waals surface area contributed by atoms with E-state index in [0.717, 1.165) is 11.4 Å². The number of hydrogen-bond donors (Lipinski definition) is 0. The molecule has 318 valence electrons. The Bertz CT molecular complexity index is 3900. The van der Waals surface area contributed by atoms with Crippen LogP contribution in [0.1, 0.15) is 0 Å². The predicted molar refractivity (Wildman–Crippen MR) is 288 cm³/mol. The van der Waals surface area contributed by atoms with Crippen LogP contribution in [-0.2, 0) is 0 Å². The second kappa shape index (κ2) is 16.5. The number of benzene rings is 11. The molecular formula is C66H44N2. The van der Waals surface area contributed by atoms with Crippen molar-refractivity contribution in [1.29, 1.82) is 0 Å². The number of hydrogen-bond acceptors (Lipinski definition) is 0. The second-order valence-corrected chi connectivity index (χ2v) is 17.7. The van der Waals surface area contributed by atoms with Crippen LogP contribution in [-0.4, -0.2) is 9.13 Å². The highest BCUT2D eigenvalue weighted by atomic mass is 15.0. The summed E-state index contributed by atoms with van der Waals surface area (Å²) in [5.41, 5.74) is 21.4. The third kappa shape index (κ3) is 6.73. The Balaban J connectivity index is 0.994. The molecule has 0 radical (unpaired) electrons. The summed E-state index contributed by atoms with van der Waals surface area (Å²) in [7, 11) is 0. The average molecular weight is 865 g/mol. The Morgan fingerprint density at radius 3 is 1.12 bits per heavy atom. The zero-order valence-electron chi connectivity index (χ0n) is 37.3.